The van der Waals surface area contributed by atoms with Crippen LogP contribution >= 0.6 is 11.8 Å². The minimum absolute atomic E-state index is 0.194. The zero-order chi connectivity index (χ0) is 11.0. The number of thioether (sulfide) groups is 1. The van der Waals surface area contributed by atoms with E-state index >= 15 is 0 Å². The Balaban J connectivity index is 3.45. The molecule has 0 fully saturated rings. The molecule has 0 bridgehead atoms. The summed E-state index contributed by atoms with van der Waals surface area (Å²) < 4.78 is 0. The van der Waals surface area contributed by atoms with E-state index in [2.05, 4.69) is 12.2 Å². The number of rotatable bonds is 8. The number of aliphatic carboxylic acids is 1. The molecule has 2 unspecified atom stereocenters. The molecule has 5 heteroatoms. The fraction of sp³-hybridized carbons (Fsp3) is 0.889. The number of aliphatic hydroxyl groups is 1. The molecule has 0 heterocycles. The summed E-state index contributed by atoms with van der Waals surface area (Å²) in [5, 5.41) is 20.7. The predicted octanol–water partition coefficient (Wildman–Crippen LogP) is 0.553. The second kappa shape index (κ2) is 8.08. The largest absolute Gasteiger partial charge is 0.481 e. The molecule has 0 spiro atoms. The summed E-state index contributed by atoms with van der Waals surface area (Å²) in [7, 11) is 0. The van der Waals surface area contributed by atoms with E-state index in [4.69, 9.17) is 5.11 Å². The van der Waals surface area contributed by atoms with Crippen LogP contribution in [0.2, 0.25) is 0 Å². The molecule has 84 valence electrons. The Morgan fingerprint density at radius 1 is 1.57 bits per heavy atom. The van der Waals surface area contributed by atoms with Crippen molar-refractivity contribution in [3.05, 3.63) is 0 Å². The fourth-order valence-corrected chi connectivity index (χ4v) is 1.67. The summed E-state index contributed by atoms with van der Waals surface area (Å²) in [4.78, 5) is 10.2. The van der Waals surface area contributed by atoms with Crippen LogP contribution in [0.15, 0.2) is 0 Å². The molecule has 0 aliphatic rings. The van der Waals surface area contributed by atoms with E-state index in [0.29, 0.717) is 12.6 Å². The summed E-state index contributed by atoms with van der Waals surface area (Å²) in [6, 6.07) is 0.309. The van der Waals surface area contributed by atoms with Crippen LogP contribution in [-0.2, 0) is 4.79 Å². The van der Waals surface area contributed by atoms with Crippen LogP contribution < -0.4 is 5.32 Å². The SMILES string of the molecule is CCSCC(C)NCC(O)CC(=O)O. The second-order valence-electron chi connectivity index (χ2n) is 3.22. The molecular formula is C9H19NO3S. The predicted molar refractivity (Wildman–Crippen MR) is 58.7 cm³/mol. The van der Waals surface area contributed by atoms with Gasteiger partial charge in [-0.05, 0) is 12.7 Å². The number of nitrogens with one attached hydrogen (secondary N) is 1. The zero-order valence-electron chi connectivity index (χ0n) is 8.69. The molecule has 0 aliphatic heterocycles. The Labute approximate surface area is 89.1 Å². The molecule has 4 nitrogen and oxygen atoms in total. The highest BCUT2D eigenvalue weighted by Gasteiger charge is 2.10. The van der Waals surface area contributed by atoms with E-state index in [0.717, 1.165) is 11.5 Å². The molecule has 0 amide bonds. The van der Waals surface area contributed by atoms with Crippen molar-refractivity contribution in [3.63, 3.8) is 0 Å². The minimum atomic E-state index is -0.963. The van der Waals surface area contributed by atoms with Gasteiger partial charge in [0.25, 0.3) is 0 Å². The number of hydrogen-bond donors (Lipinski definition) is 3. The van der Waals surface area contributed by atoms with E-state index in [1.54, 1.807) is 0 Å². The van der Waals surface area contributed by atoms with Crippen molar-refractivity contribution in [2.45, 2.75) is 32.4 Å². The van der Waals surface area contributed by atoms with Gasteiger partial charge in [-0.3, -0.25) is 4.79 Å². The lowest BCUT2D eigenvalue weighted by molar-refractivity contribution is -0.139. The lowest BCUT2D eigenvalue weighted by Crippen LogP contribution is -2.36. The first kappa shape index (κ1) is 13.7. The monoisotopic (exact) mass is 221 g/mol. The van der Waals surface area contributed by atoms with Gasteiger partial charge in [-0.2, -0.15) is 11.8 Å². The normalized spacial score (nSPS) is 15.1. The van der Waals surface area contributed by atoms with Gasteiger partial charge in [-0.1, -0.05) is 6.92 Å². The van der Waals surface area contributed by atoms with Gasteiger partial charge in [0.2, 0.25) is 0 Å². The Kier molecular flexibility index (Phi) is 7.93. The topological polar surface area (TPSA) is 69.6 Å². The smallest absolute Gasteiger partial charge is 0.306 e. The van der Waals surface area contributed by atoms with Gasteiger partial charge in [0, 0.05) is 18.3 Å². The molecule has 14 heavy (non-hydrogen) atoms. The third kappa shape index (κ3) is 8.34. The van der Waals surface area contributed by atoms with Gasteiger partial charge >= 0.3 is 5.97 Å². The quantitative estimate of drug-likeness (QED) is 0.558. The zero-order valence-corrected chi connectivity index (χ0v) is 9.51. The minimum Gasteiger partial charge on any atom is -0.481 e. The third-order valence-corrected chi connectivity index (χ3v) is 2.83. The average molecular weight is 221 g/mol. The molecule has 2 atom stereocenters. The van der Waals surface area contributed by atoms with Crippen LogP contribution in [-0.4, -0.2) is 46.4 Å². The van der Waals surface area contributed by atoms with Crippen molar-refractivity contribution >= 4 is 17.7 Å². The number of carboxylic acids is 1. The van der Waals surface area contributed by atoms with Crippen LogP contribution in [0.5, 0.6) is 0 Å². The van der Waals surface area contributed by atoms with Crippen LogP contribution in [0.3, 0.4) is 0 Å². The van der Waals surface area contributed by atoms with Crippen LogP contribution in [0.1, 0.15) is 20.3 Å². The van der Waals surface area contributed by atoms with Gasteiger partial charge in [0.1, 0.15) is 0 Å². The Morgan fingerprint density at radius 3 is 2.71 bits per heavy atom. The molecule has 3 N–H and O–H groups in total. The maximum atomic E-state index is 10.2. The van der Waals surface area contributed by atoms with Crippen molar-refractivity contribution in [2.75, 3.05) is 18.1 Å². The average Bonchev–Trinajstić information content (AvgIpc) is 2.10. The number of hydrogen-bond acceptors (Lipinski definition) is 4. The molecule has 0 aromatic carbocycles. The molecule has 0 aromatic heterocycles. The molecule has 0 aliphatic carbocycles. The standard InChI is InChI=1S/C9H19NO3S/c1-3-14-6-7(2)10-5-8(11)4-9(12)13/h7-8,10-11H,3-6H2,1-2H3,(H,12,13). The highest BCUT2D eigenvalue weighted by atomic mass is 32.2. The summed E-state index contributed by atoms with van der Waals surface area (Å²) in [5.74, 6) is 1.09. The first-order valence-electron chi connectivity index (χ1n) is 4.77. The summed E-state index contributed by atoms with van der Waals surface area (Å²) in [5.41, 5.74) is 0. The van der Waals surface area contributed by atoms with Crippen LogP contribution in [0.4, 0.5) is 0 Å². The van der Waals surface area contributed by atoms with E-state index in [1.165, 1.54) is 0 Å². The van der Waals surface area contributed by atoms with E-state index in [1.807, 2.05) is 18.7 Å². The van der Waals surface area contributed by atoms with E-state index in [9.17, 15) is 9.90 Å². The van der Waals surface area contributed by atoms with Crippen molar-refractivity contribution in [1.82, 2.24) is 5.32 Å². The van der Waals surface area contributed by atoms with E-state index < -0.39 is 12.1 Å². The fourth-order valence-electron chi connectivity index (χ4n) is 0.965. The van der Waals surface area contributed by atoms with Gasteiger partial charge in [-0.25, -0.2) is 0 Å². The molecule has 0 radical (unpaired) electrons. The molecule has 0 rings (SSSR count). The third-order valence-electron chi connectivity index (χ3n) is 1.68. The Morgan fingerprint density at radius 2 is 2.21 bits per heavy atom. The Hall–Kier alpha value is -0.260. The van der Waals surface area contributed by atoms with Crippen molar-refractivity contribution in [3.8, 4) is 0 Å². The molecule has 0 saturated carbocycles. The first-order chi connectivity index (χ1) is 6.56. The van der Waals surface area contributed by atoms with Crippen molar-refractivity contribution in [1.29, 1.82) is 0 Å². The molecular weight excluding hydrogens is 202 g/mol. The van der Waals surface area contributed by atoms with Gasteiger partial charge in [0.05, 0.1) is 12.5 Å². The lowest BCUT2D eigenvalue weighted by Gasteiger charge is -2.15. The molecule has 0 saturated heterocycles. The highest BCUT2D eigenvalue weighted by molar-refractivity contribution is 7.99. The summed E-state index contributed by atoms with van der Waals surface area (Å²) in [6.07, 6.45) is -0.984. The van der Waals surface area contributed by atoms with Crippen LogP contribution in [0, 0.1) is 0 Å². The maximum Gasteiger partial charge on any atom is 0.306 e. The summed E-state index contributed by atoms with van der Waals surface area (Å²) >= 11 is 1.82. The van der Waals surface area contributed by atoms with Crippen molar-refractivity contribution in [2.24, 2.45) is 0 Å². The van der Waals surface area contributed by atoms with Crippen molar-refractivity contribution < 1.29 is 15.0 Å². The number of carbonyl (C=O) groups is 1. The van der Waals surface area contributed by atoms with Gasteiger partial charge in [0.15, 0.2) is 0 Å². The summed E-state index contributed by atoms with van der Waals surface area (Å²) in [6.45, 7) is 4.46. The van der Waals surface area contributed by atoms with Gasteiger partial charge < -0.3 is 15.5 Å². The van der Waals surface area contributed by atoms with Crippen LogP contribution in [0.25, 0.3) is 0 Å². The number of carboxylic acid groups (broad SMARTS) is 1. The maximum absolute atomic E-state index is 10.2. The van der Waals surface area contributed by atoms with E-state index in [-0.39, 0.29) is 6.42 Å². The second-order valence-corrected chi connectivity index (χ2v) is 4.54. The first-order valence-corrected chi connectivity index (χ1v) is 5.92. The highest BCUT2D eigenvalue weighted by Crippen LogP contribution is 2.01. The van der Waals surface area contributed by atoms with Gasteiger partial charge in [-0.15, -0.1) is 0 Å². The lowest BCUT2D eigenvalue weighted by atomic mass is 10.2. The molecule has 0 aromatic rings. The number of aliphatic hydroxyl groups excluding tert-OH is 1. The Bertz CT molecular complexity index is 166.